The van der Waals surface area contributed by atoms with E-state index in [0.29, 0.717) is 17.2 Å². The highest BCUT2D eigenvalue weighted by Gasteiger charge is 2.32. The number of nitrogens with zero attached hydrogens (tertiary/aromatic N) is 4. The van der Waals surface area contributed by atoms with Crippen molar-refractivity contribution in [2.24, 2.45) is 0 Å². The minimum atomic E-state index is -4.38. The molecule has 0 saturated heterocycles. The molecular formula is C26H33F3N4O4S. The van der Waals surface area contributed by atoms with Crippen LogP contribution < -0.4 is 9.47 Å². The lowest BCUT2D eigenvalue weighted by molar-refractivity contribution is -0.144. The fourth-order valence-corrected chi connectivity index (χ4v) is 5.34. The summed E-state index contributed by atoms with van der Waals surface area (Å²) in [5, 5.41) is 4.11. The van der Waals surface area contributed by atoms with Gasteiger partial charge in [0.05, 0.1) is 26.5 Å². The largest absolute Gasteiger partial charge is 0.497 e. The number of rotatable bonds is 12. The summed E-state index contributed by atoms with van der Waals surface area (Å²) in [6, 6.07) is 15.2. The molecular weight excluding hydrogens is 521 g/mol. The lowest BCUT2D eigenvalue weighted by Crippen LogP contribution is -2.31. The van der Waals surface area contributed by atoms with Crippen molar-refractivity contribution in [3.8, 4) is 11.5 Å². The molecule has 0 amide bonds. The van der Waals surface area contributed by atoms with Gasteiger partial charge in [0.25, 0.3) is 10.0 Å². The van der Waals surface area contributed by atoms with Gasteiger partial charge in [-0.2, -0.15) is 22.6 Å². The van der Waals surface area contributed by atoms with Crippen LogP contribution in [0.1, 0.15) is 36.7 Å². The molecule has 0 radical (unpaired) electrons. The number of aromatic nitrogens is 2. The number of benzene rings is 2. The van der Waals surface area contributed by atoms with E-state index in [4.69, 9.17) is 9.47 Å². The summed E-state index contributed by atoms with van der Waals surface area (Å²) in [7, 11) is 0.287. The van der Waals surface area contributed by atoms with Crippen molar-refractivity contribution in [1.29, 1.82) is 0 Å². The molecule has 3 rings (SSSR count). The molecule has 1 aromatic heterocycles. The third-order valence-corrected chi connectivity index (χ3v) is 7.47. The normalized spacial score (nSPS) is 12.5. The summed E-state index contributed by atoms with van der Waals surface area (Å²) in [5.41, 5.74) is 1.84. The summed E-state index contributed by atoms with van der Waals surface area (Å²) in [5.74, 6) is 1.28. The average Bonchev–Trinajstić information content (AvgIpc) is 3.28. The van der Waals surface area contributed by atoms with Gasteiger partial charge in [0.2, 0.25) is 0 Å². The second-order valence-electron chi connectivity index (χ2n) is 9.27. The van der Waals surface area contributed by atoms with E-state index < -0.39 is 22.7 Å². The molecule has 0 aliphatic rings. The van der Waals surface area contributed by atoms with Crippen molar-refractivity contribution in [1.82, 2.24) is 19.0 Å². The molecule has 0 aliphatic carbocycles. The van der Waals surface area contributed by atoms with Crippen LogP contribution in [0.5, 0.6) is 11.5 Å². The minimum absolute atomic E-state index is 0.0518. The summed E-state index contributed by atoms with van der Waals surface area (Å²) in [4.78, 5) is 1.08. The molecule has 1 heterocycles. The Labute approximate surface area is 221 Å². The molecule has 0 spiro atoms. The van der Waals surface area contributed by atoms with Crippen molar-refractivity contribution in [3.63, 3.8) is 0 Å². The van der Waals surface area contributed by atoms with Gasteiger partial charge >= 0.3 is 6.18 Å². The molecule has 8 nitrogen and oxygen atoms in total. The zero-order valence-corrected chi connectivity index (χ0v) is 22.9. The molecule has 0 aliphatic heterocycles. The van der Waals surface area contributed by atoms with E-state index in [9.17, 15) is 21.6 Å². The standard InChI is InChI=1S/C26H33F3N4O4S/c1-19(2)33-22(17-31(3)18-26(27,28)29)14-25(30-33)38(34,35)32(15-20-6-10-23(36-4)11-7-20)16-21-8-12-24(37-5)13-9-21/h6-14,19H,15-18H2,1-5H3. The first kappa shape index (κ1) is 29.5. The smallest absolute Gasteiger partial charge is 0.401 e. The van der Waals surface area contributed by atoms with Crippen molar-refractivity contribution in [2.45, 2.75) is 50.7 Å². The van der Waals surface area contributed by atoms with Crippen molar-refractivity contribution < 1.29 is 31.1 Å². The van der Waals surface area contributed by atoms with Crippen LogP contribution in [0.4, 0.5) is 13.2 Å². The van der Waals surface area contributed by atoms with Crippen LogP contribution in [-0.2, 0) is 29.7 Å². The molecule has 12 heteroatoms. The summed E-state index contributed by atoms with van der Waals surface area (Å²) in [6.45, 7) is 2.45. The fraction of sp³-hybridized carbons (Fsp3) is 0.423. The predicted octanol–water partition coefficient (Wildman–Crippen LogP) is 4.87. The lowest BCUT2D eigenvalue weighted by Gasteiger charge is -2.22. The van der Waals surface area contributed by atoms with Crippen molar-refractivity contribution in [3.05, 3.63) is 71.4 Å². The number of ether oxygens (including phenoxy) is 2. The van der Waals surface area contributed by atoms with Gasteiger partial charge in [-0.1, -0.05) is 24.3 Å². The first-order valence-electron chi connectivity index (χ1n) is 11.9. The van der Waals surface area contributed by atoms with E-state index in [0.717, 1.165) is 16.0 Å². The number of sulfonamides is 1. The van der Waals surface area contributed by atoms with Gasteiger partial charge in [0.15, 0.2) is 5.03 Å². The Kier molecular flexibility index (Phi) is 9.45. The van der Waals surface area contributed by atoms with Crippen LogP contribution in [0, 0.1) is 0 Å². The maximum atomic E-state index is 13.9. The molecule has 0 unspecified atom stereocenters. The number of halogens is 3. The summed E-state index contributed by atoms with van der Waals surface area (Å²) >= 11 is 0. The molecule has 38 heavy (non-hydrogen) atoms. The van der Waals surface area contributed by atoms with Gasteiger partial charge in [-0.3, -0.25) is 9.58 Å². The molecule has 0 fully saturated rings. The number of hydrogen-bond donors (Lipinski definition) is 0. The first-order chi connectivity index (χ1) is 17.8. The Morgan fingerprint density at radius 1 is 0.895 bits per heavy atom. The second-order valence-corrected chi connectivity index (χ2v) is 11.2. The topological polar surface area (TPSA) is 76.9 Å². The zero-order valence-electron chi connectivity index (χ0n) is 22.1. The quantitative estimate of drug-likeness (QED) is 0.318. The maximum Gasteiger partial charge on any atom is 0.401 e. The van der Waals surface area contributed by atoms with Gasteiger partial charge in [-0.15, -0.1) is 0 Å². The lowest BCUT2D eigenvalue weighted by atomic mass is 10.2. The molecule has 0 bridgehead atoms. The first-order valence-corrected chi connectivity index (χ1v) is 13.4. The van der Waals surface area contributed by atoms with Crippen LogP contribution in [0.2, 0.25) is 0 Å². The third kappa shape index (κ3) is 7.71. The average molecular weight is 555 g/mol. The van der Waals surface area contributed by atoms with Crippen LogP contribution in [0.25, 0.3) is 0 Å². The fourth-order valence-electron chi connectivity index (χ4n) is 3.97. The van der Waals surface area contributed by atoms with E-state index in [-0.39, 0.29) is 30.7 Å². The van der Waals surface area contributed by atoms with Gasteiger partial charge in [0.1, 0.15) is 11.5 Å². The van der Waals surface area contributed by atoms with Crippen LogP contribution >= 0.6 is 0 Å². The van der Waals surface area contributed by atoms with E-state index in [2.05, 4.69) is 5.10 Å². The summed E-state index contributed by atoms with van der Waals surface area (Å²) in [6.07, 6.45) is -4.38. The van der Waals surface area contributed by atoms with E-state index in [1.807, 2.05) is 0 Å². The van der Waals surface area contributed by atoms with Crippen molar-refractivity contribution >= 4 is 10.0 Å². The van der Waals surface area contributed by atoms with Gasteiger partial charge in [-0.05, 0) is 56.3 Å². The monoisotopic (exact) mass is 554 g/mol. The molecule has 0 N–H and O–H groups in total. The maximum absolute atomic E-state index is 13.9. The number of hydrogen-bond acceptors (Lipinski definition) is 6. The Bertz CT molecular complexity index is 1240. The Balaban J connectivity index is 1.98. The second kappa shape index (κ2) is 12.2. The molecule has 0 atom stereocenters. The van der Waals surface area contributed by atoms with Crippen molar-refractivity contribution in [2.75, 3.05) is 27.8 Å². The van der Waals surface area contributed by atoms with Crippen LogP contribution in [-0.4, -0.2) is 61.4 Å². The predicted molar refractivity (Wildman–Crippen MR) is 137 cm³/mol. The highest BCUT2D eigenvalue weighted by atomic mass is 32.2. The number of methoxy groups -OCH3 is 2. The Morgan fingerprint density at radius 3 is 1.76 bits per heavy atom. The van der Waals surface area contributed by atoms with Gasteiger partial charge in [0, 0.05) is 31.7 Å². The third-order valence-electron chi connectivity index (χ3n) is 5.80. The van der Waals surface area contributed by atoms with E-state index in [1.54, 1.807) is 76.6 Å². The van der Waals surface area contributed by atoms with Crippen LogP contribution in [0.15, 0.2) is 59.6 Å². The zero-order chi connectivity index (χ0) is 28.1. The van der Waals surface area contributed by atoms with E-state index in [1.165, 1.54) is 22.1 Å². The molecule has 0 saturated carbocycles. The molecule has 208 valence electrons. The molecule has 3 aromatic rings. The summed E-state index contributed by atoms with van der Waals surface area (Å²) < 4.78 is 79.6. The number of alkyl halides is 3. The van der Waals surface area contributed by atoms with Gasteiger partial charge in [-0.25, -0.2) is 8.42 Å². The highest BCUT2D eigenvalue weighted by Crippen LogP contribution is 2.25. The minimum Gasteiger partial charge on any atom is -0.497 e. The highest BCUT2D eigenvalue weighted by molar-refractivity contribution is 7.89. The van der Waals surface area contributed by atoms with E-state index >= 15 is 0 Å². The van der Waals surface area contributed by atoms with Crippen LogP contribution in [0.3, 0.4) is 0 Å². The Morgan fingerprint density at radius 2 is 1.37 bits per heavy atom. The molecule has 2 aromatic carbocycles. The SMILES string of the molecule is COc1ccc(CN(Cc2ccc(OC)cc2)S(=O)(=O)c2cc(CN(C)CC(F)(F)F)n(C(C)C)n2)cc1. The van der Waals surface area contributed by atoms with Gasteiger partial charge < -0.3 is 9.47 Å². The Hall–Kier alpha value is -3.09.